The largest absolute Gasteiger partial charge is 0.494 e. The average Bonchev–Trinajstić information content (AvgIpc) is 2.97. The van der Waals surface area contributed by atoms with Crippen molar-refractivity contribution >= 4 is 46.1 Å². The van der Waals surface area contributed by atoms with Crippen LogP contribution in [0.3, 0.4) is 0 Å². The number of benzene rings is 2. The number of thiocarbonyl (C=S) groups is 1. The Morgan fingerprint density at radius 2 is 1.74 bits per heavy atom. The van der Waals surface area contributed by atoms with Gasteiger partial charge in [0, 0.05) is 36.8 Å². The highest BCUT2D eigenvalue weighted by atomic mass is 32.1. The molecule has 2 amide bonds. The molecule has 38 heavy (non-hydrogen) atoms. The Kier molecular flexibility index (Phi) is 8.91. The van der Waals surface area contributed by atoms with E-state index in [-0.39, 0.29) is 18.9 Å². The van der Waals surface area contributed by atoms with E-state index < -0.39 is 5.91 Å². The lowest BCUT2D eigenvalue weighted by molar-refractivity contribution is -0.129. The molecule has 4 aromatic rings. The molecule has 0 saturated heterocycles. The molecule has 2 aromatic heterocycles. The normalized spacial score (nSPS) is 10.6. The third-order valence-corrected chi connectivity index (χ3v) is 6.14. The molecule has 2 aromatic carbocycles. The molecule has 0 aliphatic rings. The Balaban J connectivity index is 1.52. The summed E-state index contributed by atoms with van der Waals surface area (Å²) in [5.74, 6) is 0.141. The van der Waals surface area contributed by atoms with Gasteiger partial charge in [0.15, 0.2) is 0 Å². The monoisotopic (exact) mass is 529 g/mol. The molecule has 0 unspecified atom stereocenters. The third kappa shape index (κ3) is 6.47. The van der Waals surface area contributed by atoms with Gasteiger partial charge < -0.3 is 15.0 Å². The predicted octanol–water partition coefficient (Wildman–Crippen LogP) is 4.14. The number of rotatable bonds is 11. The lowest BCUT2D eigenvalue weighted by atomic mass is 10.0. The summed E-state index contributed by atoms with van der Waals surface area (Å²) in [4.78, 5) is 34.3. The number of anilines is 1. The van der Waals surface area contributed by atoms with E-state index in [2.05, 4.69) is 10.3 Å². The van der Waals surface area contributed by atoms with Crippen LogP contribution < -0.4 is 20.4 Å². The molecule has 0 spiro atoms. The summed E-state index contributed by atoms with van der Waals surface area (Å²) in [7, 11) is 1.72. The minimum Gasteiger partial charge on any atom is -0.494 e. The summed E-state index contributed by atoms with van der Waals surface area (Å²) in [5.41, 5.74) is 8.10. The van der Waals surface area contributed by atoms with Crippen LogP contribution in [0.2, 0.25) is 0 Å². The van der Waals surface area contributed by atoms with E-state index >= 15 is 0 Å². The molecule has 0 saturated carbocycles. The van der Waals surface area contributed by atoms with Gasteiger partial charge in [-0.15, -0.1) is 0 Å². The standard InChI is InChI=1S/C28H27N5O4S/c1-33(28(35)17-30-18-38)26-15-25(31-24-12-13-29-16-23(24)26)21-6-4-19(5-7-21)20-8-10-22(11-9-20)37-14-2-3-27(34)32-36/h4-13,15-16,18,36H,2-3,14,17H2,1H3,(H,30,38)(H,32,34). The summed E-state index contributed by atoms with van der Waals surface area (Å²) in [6, 6.07) is 19.5. The van der Waals surface area contributed by atoms with Crippen LogP contribution in [0.1, 0.15) is 12.8 Å². The molecule has 0 radical (unpaired) electrons. The van der Waals surface area contributed by atoms with Crippen LogP contribution >= 0.6 is 12.2 Å². The molecule has 3 N–H and O–H groups in total. The van der Waals surface area contributed by atoms with Crippen LogP contribution in [0.25, 0.3) is 33.3 Å². The minimum atomic E-state index is -0.431. The number of ether oxygens (including phenoxy) is 1. The number of aromatic nitrogens is 2. The smallest absolute Gasteiger partial charge is 0.246 e. The van der Waals surface area contributed by atoms with Crippen LogP contribution in [0.15, 0.2) is 73.1 Å². The van der Waals surface area contributed by atoms with E-state index in [0.29, 0.717) is 24.5 Å². The van der Waals surface area contributed by atoms with E-state index in [1.165, 1.54) is 5.49 Å². The fourth-order valence-corrected chi connectivity index (χ4v) is 4.00. The molecule has 2 heterocycles. The van der Waals surface area contributed by atoms with E-state index in [0.717, 1.165) is 33.3 Å². The Labute approximate surface area is 225 Å². The first-order chi connectivity index (χ1) is 18.5. The van der Waals surface area contributed by atoms with Gasteiger partial charge in [0.2, 0.25) is 11.8 Å². The summed E-state index contributed by atoms with van der Waals surface area (Å²) in [6.45, 7) is 0.473. The molecule has 10 heteroatoms. The lowest BCUT2D eigenvalue weighted by Crippen LogP contribution is -2.35. The number of hydroxylamine groups is 1. The maximum Gasteiger partial charge on any atom is 0.246 e. The van der Waals surface area contributed by atoms with Gasteiger partial charge in [0.25, 0.3) is 0 Å². The number of hydrogen-bond acceptors (Lipinski definition) is 7. The van der Waals surface area contributed by atoms with Crippen molar-refractivity contribution in [1.29, 1.82) is 0 Å². The number of nitrogens with zero attached hydrogens (tertiary/aromatic N) is 3. The van der Waals surface area contributed by atoms with Crippen molar-refractivity contribution in [2.75, 3.05) is 25.1 Å². The van der Waals surface area contributed by atoms with E-state index in [1.807, 2.05) is 60.7 Å². The second-order valence-corrected chi connectivity index (χ2v) is 8.70. The lowest BCUT2D eigenvalue weighted by Gasteiger charge is -2.20. The number of carbonyl (C=O) groups is 2. The molecule has 9 nitrogen and oxygen atoms in total. The SMILES string of the molecule is CN(C(=O)CNC=S)c1cc(-c2ccc(-c3ccc(OCCCC(=O)NO)cc3)cc2)nc2ccncc12. The summed E-state index contributed by atoms with van der Waals surface area (Å²) >= 11 is 4.77. The van der Waals surface area contributed by atoms with Crippen molar-refractivity contribution < 1.29 is 19.5 Å². The maximum atomic E-state index is 12.7. The number of carbonyl (C=O) groups excluding carboxylic acids is 2. The topological polar surface area (TPSA) is 117 Å². The van der Waals surface area contributed by atoms with Gasteiger partial charge in [0.05, 0.1) is 35.5 Å². The molecule has 0 aliphatic carbocycles. The van der Waals surface area contributed by atoms with E-state index in [9.17, 15) is 9.59 Å². The Morgan fingerprint density at radius 1 is 1.05 bits per heavy atom. The Bertz CT molecular complexity index is 1430. The Hall–Kier alpha value is -4.41. The molecule has 0 atom stereocenters. The van der Waals surface area contributed by atoms with Crippen LogP contribution in [-0.2, 0) is 9.59 Å². The van der Waals surface area contributed by atoms with Crippen molar-refractivity contribution in [1.82, 2.24) is 20.8 Å². The highest BCUT2D eigenvalue weighted by molar-refractivity contribution is 7.78. The predicted molar refractivity (Wildman–Crippen MR) is 150 cm³/mol. The zero-order valence-corrected chi connectivity index (χ0v) is 21.6. The second-order valence-electron chi connectivity index (χ2n) is 8.46. The molecule has 0 fully saturated rings. The molecule has 4 rings (SSSR count). The number of likely N-dealkylation sites (N-methyl/N-ethyl adjacent to an activating group) is 1. The van der Waals surface area contributed by atoms with Gasteiger partial charge >= 0.3 is 0 Å². The van der Waals surface area contributed by atoms with Crippen molar-refractivity contribution in [3.8, 4) is 28.1 Å². The molecular formula is C28H27N5O4S. The van der Waals surface area contributed by atoms with E-state index in [1.54, 1.807) is 29.8 Å². The van der Waals surface area contributed by atoms with Crippen molar-refractivity contribution in [2.45, 2.75) is 12.8 Å². The van der Waals surface area contributed by atoms with Crippen LogP contribution in [0.5, 0.6) is 5.75 Å². The first-order valence-corrected chi connectivity index (χ1v) is 12.4. The highest BCUT2D eigenvalue weighted by Gasteiger charge is 2.16. The number of nitrogens with one attached hydrogen (secondary N) is 2. The quantitative estimate of drug-likeness (QED) is 0.115. The van der Waals surface area contributed by atoms with Crippen LogP contribution in [0.4, 0.5) is 5.69 Å². The zero-order chi connectivity index (χ0) is 26.9. The highest BCUT2D eigenvalue weighted by Crippen LogP contribution is 2.31. The average molecular weight is 530 g/mol. The minimum absolute atomic E-state index is 0.0960. The number of pyridine rings is 2. The van der Waals surface area contributed by atoms with Gasteiger partial charge in [-0.2, -0.15) is 0 Å². The van der Waals surface area contributed by atoms with Gasteiger partial charge in [-0.3, -0.25) is 19.8 Å². The van der Waals surface area contributed by atoms with Crippen molar-refractivity contribution in [2.24, 2.45) is 0 Å². The third-order valence-electron chi connectivity index (χ3n) is 5.97. The maximum absolute atomic E-state index is 12.7. The molecule has 0 aliphatic heterocycles. The summed E-state index contributed by atoms with van der Waals surface area (Å²) in [6.07, 6.45) is 4.09. The summed E-state index contributed by atoms with van der Waals surface area (Å²) in [5, 5.41) is 12.1. The fourth-order valence-electron chi connectivity index (χ4n) is 3.91. The fraction of sp³-hybridized carbons (Fsp3) is 0.179. The Morgan fingerprint density at radius 3 is 2.42 bits per heavy atom. The second kappa shape index (κ2) is 12.7. The number of amides is 2. The molecule has 0 bridgehead atoms. The molecule has 194 valence electrons. The van der Waals surface area contributed by atoms with Crippen molar-refractivity contribution in [3.63, 3.8) is 0 Å². The molecular weight excluding hydrogens is 502 g/mol. The summed E-state index contributed by atoms with van der Waals surface area (Å²) < 4.78 is 5.66. The zero-order valence-electron chi connectivity index (χ0n) is 20.8. The van der Waals surface area contributed by atoms with E-state index in [4.69, 9.17) is 27.1 Å². The van der Waals surface area contributed by atoms with Gasteiger partial charge in [0.1, 0.15) is 5.75 Å². The number of hydrogen-bond donors (Lipinski definition) is 3. The van der Waals surface area contributed by atoms with Gasteiger partial charge in [-0.25, -0.2) is 10.5 Å². The van der Waals surface area contributed by atoms with Gasteiger partial charge in [-0.05, 0) is 41.8 Å². The van der Waals surface area contributed by atoms with Crippen molar-refractivity contribution in [3.05, 3.63) is 73.1 Å². The first-order valence-electron chi connectivity index (χ1n) is 11.9. The number of fused-ring (bicyclic) bond motifs is 1. The van der Waals surface area contributed by atoms with Crippen LogP contribution in [-0.4, -0.2) is 52.7 Å². The van der Waals surface area contributed by atoms with Crippen LogP contribution in [0, 0.1) is 0 Å². The first kappa shape index (κ1) is 26.6. The van der Waals surface area contributed by atoms with Gasteiger partial charge in [-0.1, -0.05) is 48.6 Å².